The molecule has 0 aliphatic carbocycles. The quantitative estimate of drug-likeness (QED) is 0.634. The molecule has 32 heavy (non-hydrogen) atoms. The third-order valence-corrected chi connectivity index (χ3v) is 5.80. The number of carbonyl (C=O) groups is 1. The van der Waals surface area contributed by atoms with Gasteiger partial charge < -0.3 is 19.9 Å². The zero-order chi connectivity index (χ0) is 23.6. The van der Waals surface area contributed by atoms with Crippen LogP contribution in [-0.4, -0.2) is 13.1 Å². The van der Waals surface area contributed by atoms with E-state index in [1.165, 1.54) is 7.11 Å². The lowest BCUT2D eigenvalue weighted by Crippen LogP contribution is -2.25. The Morgan fingerprint density at radius 2 is 1.88 bits per heavy atom. The van der Waals surface area contributed by atoms with E-state index in [2.05, 4.69) is 6.07 Å². The number of allylic oxidation sites excluding steroid dienone is 2. The minimum absolute atomic E-state index is 0.0165. The highest BCUT2D eigenvalue weighted by Gasteiger charge is 2.37. The number of aryl methyl sites for hydroxylation is 3. The SMILES string of the molecule is COC(=O)C1=C(C)OC(N)=C(C#N)[C@@H]1c1cc(COc2ccc(Cl)cc2C)c(C)cc1C. The average Bonchev–Trinajstić information content (AvgIpc) is 2.73. The molecule has 3 rings (SSSR count). The van der Waals surface area contributed by atoms with Crippen molar-refractivity contribution in [3.8, 4) is 11.8 Å². The molecule has 0 unspecified atom stereocenters. The Labute approximate surface area is 192 Å². The third kappa shape index (κ3) is 4.44. The van der Waals surface area contributed by atoms with Crippen LogP contribution >= 0.6 is 11.6 Å². The van der Waals surface area contributed by atoms with E-state index in [0.717, 1.165) is 33.6 Å². The van der Waals surface area contributed by atoms with Gasteiger partial charge in [-0.2, -0.15) is 5.26 Å². The Bertz CT molecular complexity index is 1190. The highest BCUT2D eigenvalue weighted by atomic mass is 35.5. The first-order valence-electron chi connectivity index (χ1n) is 10.0. The summed E-state index contributed by atoms with van der Waals surface area (Å²) in [5, 5.41) is 10.4. The molecule has 2 N–H and O–H groups in total. The van der Waals surface area contributed by atoms with E-state index < -0.39 is 11.9 Å². The van der Waals surface area contributed by atoms with Gasteiger partial charge in [-0.05, 0) is 73.7 Å². The maximum Gasteiger partial charge on any atom is 0.338 e. The van der Waals surface area contributed by atoms with Crippen molar-refractivity contribution in [2.24, 2.45) is 5.73 Å². The third-order valence-electron chi connectivity index (χ3n) is 5.57. The Hall–Kier alpha value is -3.43. The number of nitrogens with zero attached hydrogens (tertiary/aromatic N) is 1. The number of methoxy groups -OCH3 is 1. The largest absolute Gasteiger partial charge is 0.489 e. The van der Waals surface area contributed by atoms with Gasteiger partial charge in [0.15, 0.2) is 0 Å². The number of halogens is 1. The molecule has 0 aromatic heterocycles. The highest BCUT2D eigenvalue weighted by molar-refractivity contribution is 6.30. The molecule has 6 nitrogen and oxygen atoms in total. The number of esters is 1. The van der Waals surface area contributed by atoms with Crippen LogP contribution in [0, 0.1) is 32.1 Å². The van der Waals surface area contributed by atoms with Crippen molar-refractivity contribution < 1.29 is 19.0 Å². The Morgan fingerprint density at radius 3 is 2.50 bits per heavy atom. The summed E-state index contributed by atoms with van der Waals surface area (Å²) in [6, 6.07) is 11.5. The molecule has 0 fully saturated rings. The number of carbonyl (C=O) groups excluding carboxylic acids is 1. The second-order valence-corrected chi connectivity index (χ2v) is 8.16. The lowest BCUT2D eigenvalue weighted by Gasteiger charge is -2.28. The van der Waals surface area contributed by atoms with Crippen LogP contribution in [0.3, 0.4) is 0 Å². The van der Waals surface area contributed by atoms with E-state index in [1.54, 1.807) is 13.0 Å². The zero-order valence-corrected chi connectivity index (χ0v) is 19.5. The summed E-state index contributed by atoms with van der Waals surface area (Å²) in [5.74, 6) is -0.236. The molecule has 0 spiro atoms. The molecule has 0 saturated heterocycles. The van der Waals surface area contributed by atoms with Gasteiger partial charge in [-0.15, -0.1) is 0 Å². The number of hydrogen-bond acceptors (Lipinski definition) is 6. The fourth-order valence-electron chi connectivity index (χ4n) is 3.88. The predicted molar refractivity (Wildman–Crippen MR) is 122 cm³/mol. The van der Waals surface area contributed by atoms with Crippen molar-refractivity contribution in [1.82, 2.24) is 0 Å². The second-order valence-electron chi connectivity index (χ2n) is 7.72. The number of rotatable bonds is 5. The van der Waals surface area contributed by atoms with Gasteiger partial charge in [-0.25, -0.2) is 4.79 Å². The summed E-state index contributed by atoms with van der Waals surface area (Å²) < 4.78 is 16.5. The van der Waals surface area contributed by atoms with Crippen LogP contribution in [0.2, 0.25) is 5.02 Å². The molecule has 1 aliphatic rings. The van der Waals surface area contributed by atoms with Crippen LogP contribution in [0.25, 0.3) is 0 Å². The Kier molecular flexibility index (Phi) is 6.81. The number of benzene rings is 2. The zero-order valence-electron chi connectivity index (χ0n) is 18.7. The number of hydrogen-bond donors (Lipinski definition) is 1. The van der Waals surface area contributed by atoms with E-state index in [-0.39, 0.29) is 17.0 Å². The average molecular weight is 453 g/mol. The maximum absolute atomic E-state index is 12.6. The molecule has 1 heterocycles. The van der Waals surface area contributed by atoms with Crippen LogP contribution in [0.5, 0.6) is 5.75 Å². The summed E-state index contributed by atoms with van der Waals surface area (Å²) in [6.07, 6.45) is 0. The first kappa shape index (κ1) is 23.2. The smallest absolute Gasteiger partial charge is 0.338 e. The molecule has 2 aromatic rings. The van der Waals surface area contributed by atoms with Gasteiger partial charge in [0, 0.05) is 5.02 Å². The summed E-state index contributed by atoms with van der Waals surface area (Å²) in [4.78, 5) is 12.6. The predicted octanol–water partition coefficient (Wildman–Crippen LogP) is 5.10. The highest BCUT2D eigenvalue weighted by Crippen LogP contribution is 2.41. The molecular formula is C25H25ClN2O4. The fraction of sp³-hybridized carbons (Fsp3) is 0.280. The van der Waals surface area contributed by atoms with Crippen molar-refractivity contribution >= 4 is 17.6 Å². The fourth-order valence-corrected chi connectivity index (χ4v) is 4.11. The van der Waals surface area contributed by atoms with E-state index in [0.29, 0.717) is 17.4 Å². The Balaban J connectivity index is 2.07. The minimum atomic E-state index is -0.696. The van der Waals surface area contributed by atoms with Crippen molar-refractivity contribution in [2.45, 2.75) is 40.2 Å². The molecule has 0 bridgehead atoms. The van der Waals surface area contributed by atoms with Crippen molar-refractivity contribution in [2.75, 3.05) is 7.11 Å². The Morgan fingerprint density at radius 1 is 1.16 bits per heavy atom. The van der Waals surface area contributed by atoms with Crippen LogP contribution in [-0.2, 0) is 20.9 Å². The summed E-state index contributed by atoms with van der Waals surface area (Å²) in [6.45, 7) is 7.80. The van der Waals surface area contributed by atoms with Crippen LogP contribution in [0.15, 0.2) is 53.1 Å². The summed E-state index contributed by atoms with van der Waals surface area (Å²) in [7, 11) is 1.29. The molecular weight excluding hydrogens is 428 g/mol. The van der Waals surface area contributed by atoms with Gasteiger partial charge in [0.2, 0.25) is 5.88 Å². The van der Waals surface area contributed by atoms with Gasteiger partial charge in [0.25, 0.3) is 0 Å². The van der Waals surface area contributed by atoms with Gasteiger partial charge in [-0.1, -0.05) is 23.7 Å². The number of nitriles is 1. The second kappa shape index (κ2) is 9.37. The topological polar surface area (TPSA) is 94.6 Å². The van der Waals surface area contributed by atoms with Gasteiger partial charge in [0.1, 0.15) is 29.8 Å². The molecule has 1 atom stereocenters. The summed E-state index contributed by atoms with van der Waals surface area (Å²) >= 11 is 6.04. The van der Waals surface area contributed by atoms with Crippen LogP contribution in [0.4, 0.5) is 0 Å². The lowest BCUT2D eigenvalue weighted by molar-refractivity contribution is -0.136. The maximum atomic E-state index is 12.6. The van der Waals surface area contributed by atoms with E-state index in [9.17, 15) is 10.1 Å². The lowest BCUT2D eigenvalue weighted by atomic mass is 9.80. The molecule has 0 radical (unpaired) electrons. The van der Waals surface area contributed by atoms with E-state index in [4.69, 9.17) is 31.5 Å². The summed E-state index contributed by atoms with van der Waals surface area (Å²) in [5.41, 5.74) is 11.0. The first-order valence-corrected chi connectivity index (χ1v) is 10.4. The number of ether oxygens (including phenoxy) is 3. The minimum Gasteiger partial charge on any atom is -0.489 e. The van der Waals surface area contributed by atoms with Crippen molar-refractivity contribution in [3.63, 3.8) is 0 Å². The first-order chi connectivity index (χ1) is 15.2. The van der Waals surface area contributed by atoms with Crippen LogP contribution < -0.4 is 10.5 Å². The van der Waals surface area contributed by atoms with Crippen LogP contribution in [0.1, 0.15) is 40.7 Å². The number of nitrogens with two attached hydrogens (primary N) is 1. The standard InChI is InChI=1S/C25H25ClN2O4/c1-13-8-14(2)19(10-17(13)12-31-21-7-6-18(26)9-15(21)3)23-20(11-27)24(28)32-16(4)22(23)25(29)30-5/h6-10,23H,12,28H2,1-5H3/t23-/m0/s1. The van der Waals surface area contributed by atoms with Crippen molar-refractivity contribution in [1.29, 1.82) is 5.26 Å². The molecule has 0 saturated carbocycles. The van der Waals surface area contributed by atoms with Gasteiger partial charge >= 0.3 is 5.97 Å². The van der Waals surface area contributed by atoms with E-state index in [1.807, 2.05) is 45.0 Å². The monoisotopic (exact) mass is 452 g/mol. The van der Waals surface area contributed by atoms with Crippen molar-refractivity contribution in [3.05, 3.63) is 86.0 Å². The molecule has 2 aromatic carbocycles. The normalized spacial score (nSPS) is 15.8. The molecule has 166 valence electrons. The molecule has 1 aliphatic heterocycles. The van der Waals surface area contributed by atoms with E-state index >= 15 is 0 Å². The van der Waals surface area contributed by atoms with Gasteiger partial charge in [-0.3, -0.25) is 0 Å². The van der Waals surface area contributed by atoms with Gasteiger partial charge in [0.05, 0.1) is 18.6 Å². The molecule has 7 heteroatoms. The molecule has 0 amide bonds.